The van der Waals surface area contributed by atoms with Gasteiger partial charge in [0.1, 0.15) is 5.75 Å². The third-order valence-electron chi connectivity index (χ3n) is 3.44. The molecule has 0 saturated carbocycles. The van der Waals surface area contributed by atoms with Crippen molar-refractivity contribution in [3.63, 3.8) is 0 Å². The van der Waals surface area contributed by atoms with Gasteiger partial charge in [-0.05, 0) is 42.0 Å². The quantitative estimate of drug-likeness (QED) is 0.600. The molecule has 4 nitrogen and oxygen atoms in total. The molecular formula is C17H16BrN3OS. The minimum atomic E-state index is 0.833. The summed E-state index contributed by atoms with van der Waals surface area (Å²) in [4.78, 5) is 0. The maximum absolute atomic E-state index is 5.19. The summed E-state index contributed by atoms with van der Waals surface area (Å²) >= 11 is 5.17. The predicted molar refractivity (Wildman–Crippen MR) is 96.7 cm³/mol. The minimum absolute atomic E-state index is 0.833. The molecule has 118 valence electrons. The van der Waals surface area contributed by atoms with Crippen LogP contribution >= 0.6 is 27.7 Å². The molecule has 1 aromatic heterocycles. The monoisotopic (exact) mass is 389 g/mol. The van der Waals surface area contributed by atoms with Crippen molar-refractivity contribution in [3.8, 4) is 17.1 Å². The Morgan fingerprint density at radius 2 is 1.91 bits per heavy atom. The number of thioether (sulfide) groups is 1. The number of hydrogen-bond donors (Lipinski definition) is 0. The first-order valence-electron chi connectivity index (χ1n) is 7.08. The molecule has 2 aromatic carbocycles. The molecule has 0 radical (unpaired) electrons. The molecule has 0 aliphatic rings. The Labute approximate surface area is 148 Å². The van der Waals surface area contributed by atoms with Crippen LogP contribution in [0.25, 0.3) is 11.4 Å². The average molecular weight is 390 g/mol. The summed E-state index contributed by atoms with van der Waals surface area (Å²) in [5, 5.41) is 9.52. The van der Waals surface area contributed by atoms with Crippen molar-refractivity contribution in [1.82, 2.24) is 14.8 Å². The van der Waals surface area contributed by atoms with Gasteiger partial charge in [0.15, 0.2) is 11.0 Å². The van der Waals surface area contributed by atoms with Crippen LogP contribution in [0.5, 0.6) is 5.75 Å². The Hall–Kier alpha value is -1.79. The van der Waals surface area contributed by atoms with Gasteiger partial charge in [0, 0.05) is 22.8 Å². The van der Waals surface area contributed by atoms with E-state index < -0.39 is 0 Å². The molecule has 0 amide bonds. The third kappa shape index (κ3) is 3.76. The smallest absolute Gasteiger partial charge is 0.191 e. The number of ether oxygens (including phenoxy) is 1. The highest BCUT2D eigenvalue weighted by atomic mass is 79.9. The van der Waals surface area contributed by atoms with Gasteiger partial charge in [-0.3, -0.25) is 0 Å². The van der Waals surface area contributed by atoms with Crippen molar-refractivity contribution >= 4 is 27.7 Å². The molecule has 0 saturated heterocycles. The third-order valence-corrected chi connectivity index (χ3v) is 5.02. The van der Waals surface area contributed by atoms with Gasteiger partial charge in [0.25, 0.3) is 0 Å². The molecule has 0 unspecified atom stereocenters. The highest BCUT2D eigenvalue weighted by Gasteiger charge is 2.11. The lowest BCUT2D eigenvalue weighted by atomic mass is 10.2. The van der Waals surface area contributed by atoms with Crippen molar-refractivity contribution in [2.24, 2.45) is 7.05 Å². The van der Waals surface area contributed by atoms with Gasteiger partial charge in [0.05, 0.1) is 7.11 Å². The molecule has 23 heavy (non-hydrogen) atoms. The second kappa shape index (κ2) is 7.19. The van der Waals surface area contributed by atoms with Crippen molar-refractivity contribution in [1.29, 1.82) is 0 Å². The fourth-order valence-electron chi connectivity index (χ4n) is 2.21. The first kappa shape index (κ1) is 16.1. The first-order chi connectivity index (χ1) is 11.2. The normalized spacial score (nSPS) is 10.7. The van der Waals surface area contributed by atoms with Crippen LogP contribution in [0.1, 0.15) is 5.56 Å². The predicted octanol–water partition coefficient (Wildman–Crippen LogP) is 4.55. The molecule has 3 aromatic rings. The molecule has 6 heteroatoms. The van der Waals surface area contributed by atoms with Crippen LogP contribution < -0.4 is 4.74 Å². The number of nitrogens with zero attached hydrogens (tertiary/aromatic N) is 3. The highest BCUT2D eigenvalue weighted by molar-refractivity contribution is 9.10. The van der Waals surface area contributed by atoms with Crippen molar-refractivity contribution in [2.45, 2.75) is 10.9 Å². The van der Waals surface area contributed by atoms with Gasteiger partial charge in [-0.15, -0.1) is 10.2 Å². The van der Waals surface area contributed by atoms with E-state index in [0.717, 1.165) is 32.5 Å². The zero-order chi connectivity index (χ0) is 16.2. The van der Waals surface area contributed by atoms with Crippen LogP contribution in [0.4, 0.5) is 0 Å². The van der Waals surface area contributed by atoms with Crippen LogP contribution in [0.3, 0.4) is 0 Å². The summed E-state index contributed by atoms with van der Waals surface area (Å²) in [6.07, 6.45) is 0. The van der Waals surface area contributed by atoms with Crippen LogP contribution in [-0.2, 0) is 12.8 Å². The fourth-order valence-corrected chi connectivity index (χ4v) is 3.51. The topological polar surface area (TPSA) is 39.9 Å². The standard InChI is InChI=1S/C17H16BrN3OS/c1-21-16(13-6-8-15(22-2)9-7-13)19-20-17(21)23-11-12-4-3-5-14(18)10-12/h3-10H,11H2,1-2H3. The SMILES string of the molecule is COc1ccc(-c2nnc(SCc3cccc(Br)c3)n2C)cc1. The minimum Gasteiger partial charge on any atom is -0.497 e. The fraction of sp³-hybridized carbons (Fsp3) is 0.176. The second-order valence-electron chi connectivity index (χ2n) is 5.01. The molecule has 3 rings (SSSR count). The van der Waals surface area contributed by atoms with Crippen LogP contribution in [0.15, 0.2) is 58.2 Å². The largest absolute Gasteiger partial charge is 0.497 e. The lowest BCUT2D eigenvalue weighted by molar-refractivity contribution is 0.415. The van der Waals surface area contributed by atoms with Crippen LogP contribution in [-0.4, -0.2) is 21.9 Å². The molecule has 0 N–H and O–H groups in total. The number of benzene rings is 2. The van der Waals surface area contributed by atoms with E-state index in [0.29, 0.717) is 0 Å². The summed E-state index contributed by atoms with van der Waals surface area (Å²) in [7, 11) is 3.65. The van der Waals surface area contributed by atoms with Gasteiger partial charge in [-0.1, -0.05) is 39.8 Å². The van der Waals surface area contributed by atoms with E-state index in [1.165, 1.54) is 5.56 Å². The van der Waals surface area contributed by atoms with Gasteiger partial charge in [-0.25, -0.2) is 0 Å². The Bertz CT molecular complexity index is 802. The van der Waals surface area contributed by atoms with E-state index in [-0.39, 0.29) is 0 Å². The molecule has 0 atom stereocenters. The average Bonchev–Trinajstić information content (AvgIpc) is 2.94. The molecule has 0 fully saturated rings. The van der Waals surface area contributed by atoms with E-state index in [9.17, 15) is 0 Å². The number of hydrogen-bond acceptors (Lipinski definition) is 4. The van der Waals surface area contributed by atoms with Crippen LogP contribution in [0.2, 0.25) is 0 Å². The summed E-state index contributed by atoms with van der Waals surface area (Å²) in [6, 6.07) is 16.1. The summed E-state index contributed by atoms with van der Waals surface area (Å²) in [6.45, 7) is 0. The number of halogens is 1. The molecule has 1 heterocycles. The van der Waals surface area contributed by atoms with E-state index in [1.807, 2.05) is 48.0 Å². The molecule has 0 bridgehead atoms. The second-order valence-corrected chi connectivity index (χ2v) is 6.87. The number of methoxy groups -OCH3 is 1. The molecule has 0 aliphatic heterocycles. The maximum Gasteiger partial charge on any atom is 0.191 e. The zero-order valence-corrected chi connectivity index (χ0v) is 15.3. The van der Waals surface area contributed by atoms with Crippen molar-refractivity contribution in [3.05, 3.63) is 58.6 Å². The molecule has 0 aliphatic carbocycles. The Kier molecular flexibility index (Phi) is 5.03. The first-order valence-corrected chi connectivity index (χ1v) is 8.86. The van der Waals surface area contributed by atoms with Gasteiger partial charge in [0.2, 0.25) is 0 Å². The van der Waals surface area contributed by atoms with Gasteiger partial charge in [-0.2, -0.15) is 0 Å². The summed E-state index contributed by atoms with van der Waals surface area (Å²) in [5.74, 6) is 2.54. The van der Waals surface area contributed by atoms with Crippen molar-refractivity contribution in [2.75, 3.05) is 7.11 Å². The number of rotatable bonds is 5. The molecular weight excluding hydrogens is 374 g/mol. The lowest BCUT2D eigenvalue weighted by Crippen LogP contribution is -1.95. The van der Waals surface area contributed by atoms with Crippen LogP contribution in [0, 0.1) is 0 Å². The Balaban J connectivity index is 1.76. The Morgan fingerprint density at radius 3 is 2.61 bits per heavy atom. The maximum atomic E-state index is 5.19. The van der Waals surface area contributed by atoms with E-state index in [4.69, 9.17) is 4.74 Å². The van der Waals surface area contributed by atoms with Crippen molar-refractivity contribution < 1.29 is 4.74 Å². The van der Waals surface area contributed by atoms with E-state index in [1.54, 1.807) is 18.9 Å². The van der Waals surface area contributed by atoms with E-state index in [2.05, 4.69) is 38.3 Å². The lowest BCUT2D eigenvalue weighted by Gasteiger charge is -2.05. The molecule has 0 spiro atoms. The van der Waals surface area contributed by atoms with Gasteiger partial charge < -0.3 is 9.30 Å². The highest BCUT2D eigenvalue weighted by Crippen LogP contribution is 2.27. The van der Waals surface area contributed by atoms with Gasteiger partial charge >= 0.3 is 0 Å². The number of aromatic nitrogens is 3. The summed E-state index contributed by atoms with van der Waals surface area (Å²) < 4.78 is 8.30. The zero-order valence-electron chi connectivity index (χ0n) is 12.9. The summed E-state index contributed by atoms with van der Waals surface area (Å²) in [5.41, 5.74) is 2.27. The van der Waals surface area contributed by atoms with E-state index >= 15 is 0 Å². The Morgan fingerprint density at radius 1 is 1.13 bits per heavy atom.